The van der Waals surface area contributed by atoms with Crippen LogP contribution in [0.2, 0.25) is 0 Å². The predicted octanol–water partition coefficient (Wildman–Crippen LogP) is 6.04. The van der Waals surface area contributed by atoms with E-state index in [9.17, 15) is 9.59 Å². The van der Waals surface area contributed by atoms with E-state index in [2.05, 4.69) is 67.7 Å². The summed E-state index contributed by atoms with van der Waals surface area (Å²) >= 11 is 0. The second-order valence-corrected chi connectivity index (χ2v) is 9.58. The summed E-state index contributed by atoms with van der Waals surface area (Å²) < 4.78 is 4.92. The van der Waals surface area contributed by atoms with Crippen LogP contribution in [0, 0.1) is 19.8 Å². The van der Waals surface area contributed by atoms with Crippen LogP contribution in [0.4, 0.5) is 4.79 Å². The van der Waals surface area contributed by atoms with Crippen molar-refractivity contribution < 1.29 is 14.3 Å². The van der Waals surface area contributed by atoms with Gasteiger partial charge in [-0.2, -0.15) is 0 Å². The molecule has 1 amide bonds. The molecule has 1 atom stereocenters. The number of hydrogen-bond acceptors (Lipinski definition) is 4. The number of piperidine rings is 1. The molecule has 0 saturated carbocycles. The van der Waals surface area contributed by atoms with Crippen molar-refractivity contribution in [3.63, 3.8) is 0 Å². The molecule has 0 aromatic heterocycles. The van der Waals surface area contributed by atoms with Crippen molar-refractivity contribution >= 4 is 23.5 Å². The molecule has 1 N–H and O–H groups in total. The Morgan fingerprint density at radius 3 is 1.97 bits per heavy atom. The summed E-state index contributed by atoms with van der Waals surface area (Å²) in [5.74, 6) is 0.158. The number of allylic oxidation sites excluding steroid dienone is 2. The molecule has 1 heterocycles. The highest BCUT2D eigenvalue weighted by Crippen LogP contribution is 2.40. The molecule has 188 valence electrons. The Hall–Kier alpha value is -2.92. The van der Waals surface area contributed by atoms with Crippen LogP contribution in [0.15, 0.2) is 48.5 Å². The lowest BCUT2D eigenvalue weighted by atomic mass is 9.79. The minimum Gasteiger partial charge on any atom is -0.450 e. The van der Waals surface area contributed by atoms with E-state index < -0.39 is 0 Å². The molecule has 35 heavy (non-hydrogen) atoms. The Morgan fingerprint density at radius 2 is 1.49 bits per heavy atom. The van der Waals surface area contributed by atoms with Crippen molar-refractivity contribution in [2.75, 3.05) is 26.7 Å². The first-order valence-electron chi connectivity index (χ1n) is 12.9. The molecular formula is C30H40N2O3. The molecule has 2 aromatic rings. The van der Waals surface area contributed by atoms with Crippen molar-refractivity contribution in [2.45, 2.75) is 58.9 Å². The standard InChI is InChI=1S/C21H22O.C9H18N2O2/c1-15-3-8-18(9-4-15)20-12-7-17(14-22)13-21(20)19-10-5-16(2)6-11-19;1-3-13-9(12)11-6-4-8(10-2)5-7-11/h3-6,8-11,14,17H,7,12-13H2,1-2H3;8,10H,3-7H2,1-2H3. The van der Waals surface area contributed by atoms with Crippen LogP contribution in [0.25, 0.3) is 11.1 Å². The fourth-order valence-electron chi connectivity index (χ4n) is 4.77. The molecule has 1 saturated heterocycles. The number of nitrogens with zero attached hydrogens (tertiary/aromatic N) is 1. The maximum Gasteiger partial charge on any atom is 0.409 e. The lowest BCUT2D eigenvalue weighted by molar-refractivity contribution is -0.111. The lowest BCUT2D eigenvalue weighted by Gasteiger charge is -2.30. The van der Waals surface area contributed by atoms with Crippen LogP contribution in [0.3, 0.4) is 0 Å². The zero-order valence-corrected chi connectivity index (χ0v) is 21.7. The van der Waals surface area contributed by atoms with Gasteiger partial charge < -0.3 is 19.7 Å². The molecule has 1 aliphatic carbocycles. The average molecular weight is 477 g/mol. The SMILES string of the molecule is CCOC(=O)N1CCC(NC)CC1.Cc1ccc(C2=C(c3ccc(C)cc3)CC(C=O)CC2)cc1. The first-order valence-corrected chi connectivity index (χ1v) is 12.9. The summed E-state index contributed by atoms with van der Waals surface area (Å²) in [6.45, 7) is 8.13. The van der Waals surface area contributed by atoms with Crippen molar-refractivity contribution in [2.24, 2.45) is 5.92 Å². The van der Waals surface area contributed by atoms with E-state index in [1.165, 1.54) is 33.4 Å². The third kappa shape index (κ3) is 7.53. The maximum absolute atomic E-state index is 11.3. The largest absolute Gasteiger partial charge is 0.450 e. The molecule has 4 rings (SSSR count). The summed E-state index contributed by atoms with van der Waals surface area (Å²) in [4.78, 5) is 24.3. The Labute approximate surface area is 210 Å². The highest BCUT2D eigenvalue weighted by molar-refractivity contribution is 5.92. The molecule has 0 bridgehead atoms. The van der Waals surface area contributed by atoms with Crippen LogP contribution in [0.5, 0.6) is 0 Å². The quantitative estimate of drug-likeness (QED) is 0.535. The van der Waals surface area contributed by atoms with Gasteiger partial charge in [-0.3, -0.25) is 0 Å². The number of carbonyl (C=O) groups is 2. The molecule has 5 nitrogen and oxygen atoms in total. The Kier molecular flexibility index (Phi) is 10.1. The summed E-state index contributed by atoms with van der Waals surface area (Å²) in [5, 5.41) is 3.22. The van der Waals surface area contributed by atoms with Gasteiger partial charge in [0.2, 0.25) is 0 Å². The second kappa shape index (κ2) is 13.2. The third-order valence-electron chi connectivity index (χ3n) is 7.02. The number of benzene rings is 2. The van der Waals surface area contributed by atoms with Gasteiger partial charge in [0.05, 0.1) is 6.61 Å². The van der Waals surface area contributed by atoms with Gasteiger partial charge in [0.25, 0.3) is 0 Å². The molecule has 2 aliphatic rings. The van der Waals surface area contributed by atoms with Crippen LogP contribution < -0.4 is 5.32 Å². The summed E-state index contributed by atoms with van der Waals surface area (Å²) in [5.41, 5.74) is 7.85. The number of ether oxygens (including phenoxy) is 1. The Balaban J connectivity index is 0.000000225. The lowest BCUT2D eigenvalue weighted by Crippen LogP contribution is -2.44. The number of carbonyl (C=O) groups excluding carboxylic acids is 2. The Morgan fingerprint density at radius 1 is 0.943 bits per heavy atom. The van der Waals surface area contributed by atoms with E-state index in [1.807, 2.05) is 14.0 Å². The smallest absolute Gasteiger partial charge is 0.409 e. The average Bonchev–Trinajstić information content (AvgIpc) is 2.90. The highest BCUT2D eigenvalue weighted by Gasteiger charge is 2.23. The molecule has 0 spiro atoms. The van der Waals surface area contributed by atoms with E-state index in [0.29, 0.717) is 12.6 Å². The van der Waals surface area contributed by atoms with Crippen molar-refractivity contribution in [3.05, 3.63) is 70.8 Å². The van der Waals surface area contributed by atoms with E-state index >= 15 is 0 Å². The van der Waals surface area contributed by atoms with Gasteiger partial charge >= 0.3 is 6.09 Å². The fourth-order valence-corrected chi connectivity index (χ4v) is 4.77. The molecule has 1 aliphatic heterocycles. The number of aldehydes is 1. The second-order valence-electron chi connectivity index (χ2n) is 9.58. The number of rotatable bonds is 5. The van der Waals surface area contributed by atoms with Gasteiger partial charge in [-0.15, -0.1) is 0 Å². The van der Waals surface area contributed by atoms with Crippen molar-refractivity contribution in [1.82, 2.24) is 10.2 Å². The van der Waals surface area contributed by atoms with Crippen LogP contribution in [-0.4, -0.2) is 50.1 Å². The molecule has 0 radical (unpaired) electrons. The topological polar surface area (TPSA) is 58.6 Å². The van der Waals surface area contributed by atoms with E-state index in [1.54, 1.807) is 4.90 Å². The minimum atomic E-state index is -0.169. The monoisotopic (exact) mass is 476 g/mol. The van der Waals surface area contributed by atoms with Gasteiger partial charge in [0, 0.05) is 25.0 Å². The first-order chi connectivity index (χ1) is 16.9. The fraction of sp³-hybridized carbons (Fsp3) is 0.467. The Bertz CT molecular complexity index is 987. The van der Waals surface area contributed by atoms with Gasteiger partial charge in [-0.25, -0.2) is 4.79 Å². The summed E-state index contributed by atoms with van der Waals surface area (Å²) in [6.07, 6.45) is 5.80. The van der Waals surface area contributed by atoms with E-state index in [0.717, 1.165) is 51.5 Å². The van der Waals surface area contributed by atoms with Crippen LogP contribution in [0.1, 0.15) is 61.3 Å². The van der Waals surface area contributed by atoms with Gasteiger partial charge in [-0.05, 0) is 82.2 Å². The van der Waals surface area contributed by atoms with Gasteiger partial charge in [-0.1, -0.05) is 59.7 Å². The maximum atomic E-state index is 11.3. The number of hydrogen-bond donors (Lipinski definition) is 1. The van der Waals surface area contributed by atoms with Gasteiger partial charge in [0.15, 0.2) is 0 Å². The molecule has 5 heteroatoms. The number of aryl methyl sites for hydroxylation is 2. The van der Waals surface area contributed by atoms with E-state index in [4.69, 9.17) is 4.74 Å². The minimum absolute atomic E-state index is 0.158. The van der Waals surface area contributed by atoms with Gasteiger partial charge in [0.1, 0.15) is 6.29 Å². The first kappa shape index (κ1) is 26.7. The molecular weight excluding hydrogens is 436 g/mol. The zero-order valence-electron chi connectivity index (χ0n) is 21.7. The molecule has 1 unspecified atom stereocenters. The number of amides is 1. The van der Waals surface area contributed by atoms with Crippen molar-refractivity contribution in [1.29, 1.82) is 0 Å². The highest BCUT2D eigenvalue weighted by atomic mass is 16.6. The number of nitrogens with one attached hydrogen (secondary N) is 1. The third-order valence-corrected chi connectivity index (χ3v) is 7.02. The molecule has 2 aromatic carbocycles. The summed E-state index contributed by atoms with van der Waals surface area (Å²) in [7, 11) is 1.96. The van der Waals surface area contributed by atoms with Crippen molar-refractivity contribution in [3.8, 4) is 0 Å². The zero-order chi connectivity index (χ0) is 25.2. The van der Waals surface area contributed by atoms with Crippen LogP contribution in [-0.2, 0) is 9.53 Å². The summed E-state index contributed by atoms with van der Waals surface area (Å²) in [6, 6.07) is 18.0. The number of likely N-dealkylation sites (tertiary alicyclic amines) is 1. The normalized spacial score (nSPS) is 18.5. The molecule has 1 fully saturated rings. The van der Waals surface area contributed by atoms with E-state index in [-0.39, 0.29) is 12.0 Å². The van der Waals surface area contributed by atoms with Crippen LogP contribution >= 0.6 is 0 Å². The predicted molar refractivity (Wildman–Crippen MR) is 143 cm³/mol.